The second kappa shape index (κ2) is 8.11. The first-order valence-corrected chi connectivity index (χ1v) is 8.79. The molecule has 2 aromatic rings. The number of para-hydroxylation sites is 1. The molecule has 1 aromatic carbocycles. The van der Waals surface area contributed by atoms with Crippen molar-refractivity contribution in [3.63, 3.8) is 0 Å². The molecular weight excluding hydrogens is 403 g/mol. The summed E-state index contributed by atoms with van der Waals surface area (Å²) in [7, 11) is 1.63. The standard InChI is InChI=1S/C14H17IN2O3S/c1-19-8-9-20-7-6-17-13(18)10-4-3-5-11(15)12(10)16-14(17)21-2/h3-5H,6-9H2,1-2H3. The average molecular weight is 420 g/mol. The zero-order valence-electron chi connectivity index (χ0n) is 12.0. The molecule has 0 N–H and O–H groups in total. The van der Waals surface area contributed by atoms with E-state index in [1.807, 2.05) is 24.5 Å². The molecule has 0 atom stereocenters. The summed E-state index contributed by atoms with van der Waals surface area (Å²) in [5, 5.41) is 1.36. The van der Waals surface area contributed by atoms with Gasteiger partial charge < -0.3 is 9.47 Å². The van der Waals surface area contributed by atoms with Gasteiger partial charge in [0.25, 0.3) is 5.56 Å². The molecule has 0 aliphatic heterocycles. The van der Waals surface area contributed by atoms with E-state index < -0.39 is 0 Å². The van der Waals surface area contributed by atoms with E-state index in [-0.39, 0.29) is 5.56 Å². The predicted octanol–water partition coefficient (Wildman–Crippen LogP) is 2.39. The van der Waals surface area contributed by atoms with E-state index in [0.29, 0.717) is 36.9 Å². The Morgan fingerprint density at radius 3 is 2.86 bits per heavy atom. The van der Waals surface area contributed by atoms with Crippen molar-refractivity contribution in [3.8, 4) is 0 Å². The Bertz CT molecular complexity index is 675. The number of aromatic nitrogens is 2. The second-order valence-electron chi connectivity index (χ2n) is 4.30. The Hall–Kier alpha value is -0.640. The van der Waals surface area contributed by atoms with E-state index in [9.17, 15) is 4.79 Å². The van der Waals surface area contributed by atoms with Crippen LogP contribution >= 0.6 is 34.4 Å². The average Bonchev–Trinajstić information content (AvgIpc) is 2.49. The fraction of sp³-hybridized carbons (Fsp3) is 0.429. The van der Waals surface area contributed by atoms with Crippen molar-refractivity contribution in [1.29, 1.82) is 0 Å². The lowest BCUT2D eigenvalue weighted by molar-refractivity contribution is 0.0653. The highest BCUT2D eigenvalue weighted by atomic mass is 127. The number of hydrogen-bond acceptors (Lipinski definition) is 5. The summed E-state index contributed by atoms with van der Waals surface area (Å²) >= 11 is 3.67. The molecule has 0 radical (unpaired) electrons. The van der Waals surface area contributed by atoms with Crippen LogP contribution in [-0.4, -0.2) is 42.7 Å². The first kappa shape index (κ1) is 16.7. The van der Waals surface area contributed by atoms with Crippen LogP contribution in [0, 0.1) is 3.57 Å². The quantitative estimate of drug-likeness (QED) is 0.298. The minimum Gasteiger partial charge on any atom is -0.382 e. The summed E-state index contributed by atoms with van der Waals surface area (Å²) in [4.78, 5) is 17.2. The number of benzene rings is 1. The fourth-order valence-electron chi connectivity index (χ4n) is 1.94. The summed E-state index contributed by atoms with van der Waals surface area (Å²) in [6.07, 6.45) is 1.92. The summed E-state index contributed by atoms with van der Waals surface area (Å²) in [5.41, 5.74) is 0.752. The molecule has 5 nitrogen and oxygen atoms in total. The van der Waals surface area contributed by atoms with Gasteiger partial charge in [0.15, 0.2) is 5.16 Å². The number of halogens is 1. The van der Waals surface area contributed by atoms with E-state index in [2.05, 4.69) is 27.6 Å². The molecule has 0 unspecified atom stereocenters. The molecule has 7 heteroatoms. The minimum atomic E-state index is -0.0155. The molecule has 21 heavy (non-hydrogen) atoms. The molecule has 0 spiro atoms. The third-order valence-corrected chi connectivity index (χ3v) is 4.52. The summed E-state index contributed by atoms with van der Waals surface area (Å²) in [6.45, 7) is 2.04. The molecule has 0 bridgehead atoms. The maximum Gasteiger partial charge on any atom is 0.262 e. The molecule has 2 rings (SSSR count). The van der Waals surface area contributed by atoms with Crippen molar-refractivity contribution in [3.05, 3.63) is 32.1 Å². The Labute approximate surface area is 141 Å². The van der Waals surface area contributed by atoms with Crippen LogP contribution < -0.4 is 5.56 Å². The molecular formula is C14H17IN2O3S. The first-order chi connectivity index (χ1) is 10.2. The topological polar surface area (TPSA) is 53.4 Å². The molecule has 1 aromatic heterocycles. The summed E-state index contributed by atoms with van der Waals surface area (Å²) in [5.74, 6) is 0. The van der Waals surface area contributed by atoms with E-state index >= 15 is 0 Å². The van der Waals surface area contributed by atoms with Gasteiger partial charge in [-0.1, -0.05) is 17.8 Å². The van der Waals surface area contributed by atoms with E-state index in [1.54, 1.807) is 11.7 Å². The van der Waals surface area contributed by atoms with Crippen molar-refractivity contribution in [1.82, 2.24) is 9.55 Å². The number of ether oxygens (including phenoxy) is 2. The number of hydrogen-bond donors (Lipinski definition) is 0. The van der Waals surface area contributed by atoms with Gasteiger partial charge in [-0.25, -0.2) is 4.98 Å². The maximum absolute atomic E-state index is 12.6. The number of fused-ring (bicyclic) bond motifs is 1. The predicted molar refractivity (Wildman–Crippen MR) is 93.2 cm³/mol. The third-order valence-electron chi connectivity index (χ3n) is 2.97. The highest BCUT2D eigenvalue weighted by molar-refractivity contribution is 14.1. The highest BCUT2D eigenvalue weighted by Crippen LogP contribution is 2.19. The lowest BCUT2D eigenvalue weighted by atomic mass is 10.2. The molecule has 0 aliphatic carbocycles. The molecule has 0 saturated carbocycles. The fourth-order valence-corrected chi connectivity index (χ4v) is 3.14. The van der Waals surface area contributed by atoms with Gasteiger partial charge in [0.2, 0.25) is 0 Å². The van der Waals surface area contributed by atoms with Gasteiger partial charge in [-0.2, -0.15) is 0 Å². The SMILES string of the molecule is COCCOCCn1c(SC)nc2c(I)cccc2c1=O. The summed E-state index contributed by atoms with van der Waals surface area (Å²) < 4.78 is 13.0. The van der Waals surface area contributed by atoms with Crippen molar-refractivity contribution in [2.24, 2.45) is 0 Å². The third kappa shape index (κ3) is 3.97. The van der Waals surface area contributed by atoms with E-state index in [4.69, 9.17) is 9.47 Å². The van der Waals surface area contributed by atoms with Gasteiger partial charge in [-0.15, -0.1) is 0 Å². The Morgan fingerprint density at radius 2 is 2.14 bits per heavy atom. The molecule has 0 fully saturated rings. The van der Waals surface area contributed by atoms with Crippen LogP contribution in [0.1, 0.15) is 0 Å². The Balaban J connectivity index is 2.30. The van der Waals surface area contributed by atoms with Gasteiger partial charge in [-0.05, 0) is 41.0 Å². The number of thioether (sulfide) groups is 1. The van der Waals surface area contributed by atoms with Gasteiger partial charge in [0.1, 0.15) is 0 Å². The van der Waals surface area contributed by atoms with Crippen molar-refractivity contribution >= 4 is 45.3 Å². The molecule has 0 amide bonds. The molecule has 0 saturated heterocycles. The van der Waals surface area contributed by atoms with Crippen molar-refractivity contribution in [2.75, 3.05) is 33.2 Å². The number of methoxy groups -OCH3 is 1. The smallest absolute Gasteiger partial charge is 0.262 e. The van der Waals surface area contributed by atoms with Gasteiger partial charge in [-0.3, -0.25) is 9.36 Å². The lowest BCUT2D eigenvalue weighted by Crippen LogP contribution is -2.25. The van der Waals surface area contributed by atoms with Crippen LogP contribution in [-0.2, 0) is 16.0 Å². The van der Waals surface area contributed by atoms with Crippen LogP contribution in [0.5, 0.6) is 0 Å². The van der Waals surface area contributed by atoms with E-state index in [1.165, 1.54) is 11.8 Å². The number of nitrogens with zero attached hydrogens (tertiary/aromatic N) is 2. The van der Waals surface area contributed by atoms with Crippen LogP contribution in [0.25, 0.3) is 10.9 Å². The highest BCUT2D eigenvalue weighted by Gasteiger charge is 2.11. The zero-order valence-corrected chi connectivity index (χ0v) is 14.9. The van der Waals surface area contributed by atoms with Crippen LogP contribution in [0.2, 0.25) is 0 Å². The van der Waals surface area contributed by atoms with E-state index in [0.717, 1.165) is 9.09 Å². The van der Waals surface area contributed by atoms with Crippen LogP contribution in [0.3, 0.4) is 0 Å². The van der Waals surface area contributed by atoms with Crippen LogP contribution in [0.4, 0.5) is 0 Å². The van der Waals surface area contributed by atoms with Crippen molar-refractivity contribution in [2.45, 2.75) is 11.7 Å². The minimum absolute atomic E-state index is 0.0155. The second-order valence-corrected chi connectivity index (χ2v) is 6.23. The maximum atomic E-state index is 12.6. The largest absolute Gasteiger partial charge is 0.382 e. The lowest BCUT2D eigenvalue weighted by Gasteiger charge is -2.12. The Morgan fingerprint density at radius 1 is 1.33 bits per heavy atom. The summed E-state index contributed by atoms with van der Waals surface area (Å²) in [6, 6.07) is 5.65. The first-order valence-electron chi connectivity index (χ1n) is 6.48. The number of rotatable bonds is 7. The monoisotopic (exact) mass is 420 g/mol. The van der Waals surface area contributed by atoms with Gasteiger partial charge in [0, 0.05) is 10.7 Å². The van der Waals surface area contributed by atoms with Crippen LogP contribution in [0.15, 0.2) is 28.2 Å². The molecule has 1 heterocycles. The van der Waals surface area contributed by atoms with Crippen molar-refractivity contribution < 1.29 is 9.47 Å². The zero-order chi connectivity index (χ0) is 15.2. The Kier molecular flexibility index (Phi) is 6.46. The normalized spacial score (nSPS) is 11.2. The molecule has 114 valence electrons. The van der Waals surface area contributed by atoms with Gasteiger partial charge >= 0.3 is 0 Å². The van der Waals surface area contributed by atoms with Gasteiger partial charge in [0.05, 0.1) is 37.3 Å². The molecule has 0 aliphatic rings.